The van der Waals surface area contributed by atoms with Crippen LogP contribution in [-0.2, 0) is 10.0 Å². The fourth-order valence-electron chi connectivity index (χ4n) is 2.62. The molecule has 126 valence electrons. The molecular formula is C16H24N4O2S. The molecule has 1 atom stereocenters. The van der Waals surface area contributed by atoms with E-state index in [4.69, 9.17) is 0 Å². The highest BCUT2D eigenvalue weighted by Gasteiger charge is 2.32. The van der Waals surface area contributed by atoms with Crippen LogP contribution in [0.15, 0.2) is 41.8 Å². The minimum atomic E-state index is -3.62. The molecule has 0 fully saturated rings. The van der Waals surface area contributed by atoms with Gasteiger partial charge in [-0.1, -0.05) is 19.9 Å². The van der Waals surface area contributed by atoms with Crippen molar-refractivity contribution in [3.05, 3.63) is 42.5 Å². The van der Waals surface area contributed by atoms with Crippen molar-refractivity contribution < 1.29 is 8.42 Å². The van der Waals surface area contributed by atoms with Crippen LogP contribution in [0.1, 0.15) is 45.3 Å². The Bertz CT molecular complexity index is 738. The van der Waals surface area contributed by atoms with Crippen molar-refractivity contribution in [3.63, 3.8) is 0 Å². The van der Waals surface area contributed by atoms with Gasteiger partial charge in [0.05, 0.1) is 12.2 Å². The zero-order valence-corrected chi connectivity index (χ0v) is 15.0. The van der Waals surface area contributed by atoms with Gasteiger partial charge < -0.3 is 0 Å². The molecule has 0 aromatic carbocycles. The van der Waals surface area contributed by atoms with Crippen LogP contribution in [0, 0.1) is 5.92 Å². The first kappa shape index (κ1) is 17.6. The summed E-state index contributed by atoms with van der Waals surface area (Å²) in [6, 6.07) is 3.56. The second-order valence-electron chi connectivity index (χ2n) is 6.25. The van der Waals surface area contributed by atoms with E-state index in [9.17, 15) is 8.42 Å². The van der Waals surface area contributed by atoms with Crippen LogP contribution in [0.3, 0.4) is 0 Å². The minimum Gasteiger partial charge on any atom is -0.269 e. The van der Waals surface area contributed by atoms with E-state index in [2.05, 4.69) is 10.1 Å². The molecule has 2 rings (SSSR count). The molecular weight excluding hydrogens is 312 g/mol. The summed E-state index contributed by atoms with van der Waals surface area (Å²) in [6.07, 6.45) is 6.39. The fraction of sp³-hybridized carbons (Fsp3) is 0.500. The number of aromatic nitrogens is 3. The summed E-state index contributed by atoms with van der Waals surface area (Å²) in [5.41, 5.74) is 0.879. The van der Waals surface area contributed by atoms with Gasteiger partial charge in [-0.3, -0.25) is 9.67 Å². The molecule has 0 saturated heterocycles. The van der Waals surface area contributed by atoms with Gasteiger partial charge in [0.2, 0.25) is 10.0 Å². The topological polar surface area (TPSA) is 68.1 Å². The summed E-state index contributed by atoms with van der Waals surface area (Å²) in [4.78, 5) is 4.33. The maximum atomic E-state index is 12.9. The third kappa shape index (κ3) is 3.61. The molecule has 0 aliphatic heterocycles. The Morgan fingerprint density at radius 3 is 2.35 bits per heavy atom. The molecule has 0 bridgehead atoms. The van der Waals surface area contributed by atoms with Crippen LogP contribution in [0.2, 0.25) is 0 Å². The van der Waals surface area contributed by atoms with Crippen LogP contribution in [0.5, 0.6) is 0 Å². The van der Waals surface area contributed by atoms with Crippen LogP contribution < -0.4 is 0 Å². The first-order valence-electron chi connectivity index (χ1n) is 7.67. The Labute approximate surface area is 138 Å². The summed E-state index contributed by atoms with van der Waals surface area (Å²) in [6.45, 7) is 7.92. The van der Waals surface area contributed by atoms with Crippen molar-refractivity contribution >= 4 is 10.0 Å². The smallest absolute Gasteiger partial charge is 0.246 e. The highest BCUT2D eigenvalue weighted by molar-refractivity contribution is 7.89. The zero-order chi connectivity index (χ0) is 17.2. The lowest BCUT2D eigenvalue weighted by Gasteiger charge is -2.30. The molecule has 7 heteroatoms. The summed E-state index contributed by atoms with van der Waals surface area (Å²) in [5.74, 6) is 0.110. The van der Waals surface area contributed by atoms with E-state index in [1.807, 2.05) is 39.8 Å². The molecule has 6 nitrogen and oxygen atoms in total. The van der Waals surface area contributed by atoms with Gasteiger partial charge in [0, 0.05) is 31.7 Å². The van der Waals surface area contributed by atoms with E-state index in [-0.39, 0.29) is 22.9 Å². The van der Waals surface area contributed by atoms with Crippen molar-refractivity contribution in [1.82, 2.24) is 19.1 Å². The SMILES string of the molecule is CC(C)[C@H](c1cccnc1)N(C)S(=O)(=O)c1cnn(C(C)C)c1. The maximum Gasteiger partial charge on any atom is 0.246 e. The van der Waals surface area contributed by atoms with E-state index in [1.165, 1.54) is 10.5 Å². The number of hydrogen-bond donors (Lipinski definition) is 0. The number of pyridine rings is 1. The van der Waals surface area contributed by atoms with Gasteiger partial charge in [-0.25, -0.2) is 8.42 Å². The highest BCUT2D eigenvalue weighted by Crippen LogP contribution is 2.31. The average molecular weight is 336 g/mol. The van der Waals surface area contributed by atoms with Gasteiger partial charge in [-0.15, -0.1) is 0 Å². The van der Waals surface area contributed by atoms with Crippen LogP contribution >= 0.6 is 0 Å². The Morgan fingerprint density at radius 1 is 1.17 bits per heavy atom. The first-order chi connectivity index (χ1) is 10.7. The van der Waals surface area contributed by atoms with Gasteiger partial charge in [0.1, 0.15) is 4.90 Å². The van der Waals surface area contributed by atoms with Crippen molar-refractivity contribution in [1.29, 1.82) is 0 Å². The lowest BCUT2D eigenvalue weighted by Crippen LogP contribution is -2.34. The predicted octanol–water partition coefficient (Wildman–Crippen LogP) is 2.88. The molecule has 0 radical (unpaired) electrons. The quantitative estimate of drug-likeness (QED) is 0.813. The molecule has 0 N–H and O–H groups in total. The Balaban J connectivity index is 2.40. The second kappa shape index (κ2) is 6.80. The molecule has 0 spiro atoms. The number of hydrogen-bond acceptors (Lipinski definition) is 4. The third-order valence-electron chi connectivity index (χ3n) is 3.83. The zero-order valence-electron chi connectivity index (χ0n) is 14.2. The molecule has 23 heavy (non-hydrogen) atoms. The summed E-state index contributed by atoms with van der Waals surface area (Å²) >= 11 is 0. The van der Waals surface area contributed by atoms with E-state index in [0.29, 0.717) is 0 Å². The molecule has 0 unspecified atom stereocenters. The second-order valence-corrected chi connectivity index (χ2v) is 8.24. The van der Waals surface area contributed by atoms with Crippen LogP contribution in [0.4, 0.5) is 0 Å². The Kier molecular flexibility index (Phi) is 5.21. The number of rotatable bonds is 6. The van der Waals surface area contributed by atoms with Crippen molar-refractivity contribution in [2.24, 2.45) is 5.92 Å². The first-order valence-corrected chi connectivity index (χ1v) is 9.11. The van der Waals surface area contributed by atoms with Gasteiger partial charge in [-0.05, 0) is 31.4 Å². The summed E-state index contributed by atoms with van der Waals surface area (Å²) < 4.78 is 28.9. The Hall–Kier alpha value is -1.73. The third-order valence-corrected chi connectivity index (χ3v) is 5.62. The monoisotopic (exact) mass is 336 g/mol. The molecule has 0 saturated carbocycles. The molecule has 2 heterocycles. The molecule has 0 aliphatic carbocycles. The predicted molar refractivity (Wildman–Crippen MR) is 89.4 cm³/mol. The number of sulfonamides is 1. The number of nitrogens with zero attached hydrogens (tertiary/aromatic N) is 4. The average Bonchev–Trinajstić information content (AvgIpc) is 2.99. The summed E-state index contributed by atoms with van der Waals surface area (Å²) in [7, 11) is -2.01. The fourth-order valence-corrected chi connectivity index (χ4v) is 4.04. The molecule has 0 aliphatic rings. The van der Waals surface area contributed by atoms with Gasteiger partial charge in [-0.2, -0.15) is 9.40 Å². The van der Waals surface area contributed by atoms with E-state index in [1.54, 1.807) is 30.3 Å². The lowest BCUT2D eigenvalue weighted by molar-refractivity contribution is 0.300. The largest absolute Gasteiger partial charge is 0.269 e. The summed E-state index contributed by atoms with van der Waals surface area (Å²) in [5, 5.41) is 4.14. The molecule has 2 aromatic rings. The van der Waals surface area contributed by atoms with Crippen molar-refractivity contribution in [2.45, 2.75) is 44.7 Å². The van der Waals surface area contributed by atoms with Crippen molar-refractivity contribution in [3.8, 4) is 0 Å². The van der Waals surface area contributed by atoms with Gasteiger partial charge in [0.15, 0.2) is 0 Å². The van der Waals surface area contributed by atoms with Crippen molar-refractivity contribution in [2.75, 3.05) is 7.05 Å². The molecule has 0 amide bonds. The van der Waals surface area contributed by atoms with Gasteiger partial charge in [0.25, 0.3) is 0 Å². The van der Waals surface area contributed by atoms with Gasteiger partial charge >= 0.3 is 0 Å². The van der Waals surface area contributed by atoms with E-state index < -0.39 is 10.0 Å². The normalized spacial score (nSPS) is 13.9. The maximum absolute atomic E-state index is 12.9. The van der Waals surface area contributed by atoms with Crippen LogP contribution in [-0.4, -0.2) is 34.5 Å². The lowest BCUT2D eigenvalue weighted by atomic mass is 9.98. The van der Waals surface area contributed by atoms with E-state index in [0.717, 1.165) is 5.56 Å². The standard InChI is InChI=1S/C16H24N4O2S/c1-12(2)16(14-7-6-8-17-9-14)19(5)23(21,22)15-10-18-20(11-15)13(3)4/h6-13,16H,1-5H3/t16-/m1/s1. The van der Waals surface area contributed by atoms with E-state index >= 15 is 0 Å². The van der Waals surface area contributed by atoms with Crippen LogP contribution in [0.25, 0.3) is 0 Å². The highest BCUT2D eigenvalue weighted by atomic mass is 32.2. The minimum absolute atomic E-state index is 0.110. The molecule has 2 aromatic heterocycles. The Morgan fingerprint density at radius 2 is 1.87 bits per heavy atom.